The van der Waals surface area contributed by atoms with Crippen molar-refractivity contribution in [1.29, 1.82) is 0 Å². The predicted molar refractivity (Wildman–Crippen MR) is 49.4 cm³/mol. The Morgan fingerprint density at radius 3 is 2.53 bits per heavy atom. The highest BCUT2D eigenvalue weighted by atomic mass is 16.6. The number of benzene rings is 1. The van der Waals surface area contributed by atoms with Gasteiger partial charge in [0.05, 0.1) is 19.1 Å². The zero-order valence-electron chi connectivity index (χ0n) is 8.26. The number of ether oxygens (including phenoxy) is 2. The second-order valence-electron chi connectivity index (χ2n) is 2.65. The standard InChI is InChI=1S/C9H10NO5/c1-14-8-4-3-6(10(12)13)5-7(8)9(11)15-2/h3-5H,1-2H3,(H,12,13)/q+1. The fourth-order valence-corrected chi connectivity index (χ4v) is 1.08. The van der Waals surface area contributed by atoms with Crippen LogP contribution >= 0.6 is 0 Å². The van der Waals surface area contributed by atoms with Crippen LogP contribution in [0.3, 0.4) is 0 Å². The van der Waals surface area contributed by atoms with E-state index < -0.39 is 5.97 Å². The third-order valence-electron chi connectivity index (χ3n) is 1.81. The van der Waals surface area contributed by atoms with Gasteiger partial charge in [-0.05, 0) is 6.07 Å². The molecule has 0 aliphatic heterocycles. The van der Waals surface area contributed by atoms with Gasteiger partial charge in [-0.15, -0.1) is 0 Å². The van der Waals surface area contributed by atoms with Crippen LogP contribution in [-0.2, 0) is 4.74 Å². The van der Waals surface area contributed by atoms with Gasteiger partial charge in [-0.1, -0.05) is 0 Å². The Balaban J connectivity index is 3.25. The van der Waals surface area contributed by atoms with Crippen molar-refractivity contribution < 1.29 is 24.4 Å². The summed E-state index contributed by atoms with van der Waals surface area (Å²) >= 11 is 0. The lowest BCUT2D eigenvalue weighted by atomic mass is 10.2. The minimum absolute atomic E-state index is 0.0730. The highest BCUT2D eigenvalue weighted by Crippen LogP contribution is 2.24. The van der Waals surface area contributed by atoms with E-state index in [0.717, 1.165) is 0 Å². The molecule has 1 aromatic rings. The molecule has 0 saturated heterocycles. The molecule has 0 amide bonds. The molecule has 1 N–H and O–H groups in total. The van der Waals surface area contributed by atoms with Crippen molar-refractivity contribution in [3.63, 3.8) is 0 Å². The van der Waals surface area contributed by atoms with E-state index in [1.165, 1.54) is 32.4 Å². The van der Waals surface area contributed by atoms with E-state index in [2.05, 4.69) is 4.74 Å². The van der Waals surface area contributed by atoms with Gasteiger partial charge in [0.2, 0.25) is 0 Å². The van der Waals surface area contributed by atoms with Crippen LogP contribution in [0.25, 0.3) is 0 Å². The van der Waals surface area contributed by atoms with Gasteiger partial charge in [-0.3, -0.25) is 0 Å². The first-order chi connectivity index (χ1) is 7.10. The molecule has 80 valence electrons. The average molecular weight is 212 g/mol. The molecular formula is C9H10NO5+. The van der Waals surface area contributed by atoms with Crippen molar-refractivity contribution >= 4 is 11.7 Å². The lowest BCUT2D eigenvalue weighted by Crippen LogP contribution is -2.05. The summed E-state index contributed by atoms with van der Waals surface area (Å²) in [6, 6.07) is 3.89. The van der Waals surface area contributed by atoms with Crippen LogP contribution in [0.1, 0.15) is 10.4 Å². The number of methoxy groups -OCH3 is 2. The van der Waals surface area contributed by atoms with Gasteiger partial charge in [-0.25, -0.2) is 10.0 Å². The predicted octanol–water partition coefficient (Wildman–Crippen LogP) is 1.28. The Hall–Kier alpha value is -2.11. The number of hydrogen-bond donors (Lipinski definition) is 1. The maximum absolute atomic E-state index is 11.3. The highest BCUT2D eigenvalue weighted by Gasteiger charge is 2.20. The van der Waals surface area contributed by atoms with Crippen LogP contribution in [0.4, 0.5) is 5.69 Å². The maximum atomic E-state index is 11.3. The van der Waals surface area contributed by atoms with E-state index in [4.69, 9.17) is 9.94 Å². The normalized spacial score (nSPS) is 9.47. The van der Waals surface area contributed by atoms with Gasteiger partial charge in [-0.2, -0.15) is 0 Å². The highest BCUT2D eigenvalue weighted by molar-refractivity contribution is 5.93. The van der Waals surface area contributed by atoms with Crippen molar-refractivity contribution in [3.05, 3.63) is 28.7 Å². The molecule has 0 aromatic heterocycles. The van der Waals surface area contributed by atoms with E-state index in [1.54, 1.807) is 0 Å². The lowest BCUT2D eigenvalue weighted by molar-refractivity contribution is -0.729. The van der Waals surface area contributed by atoms with Crippen LogP contribution in [0.5, 0.6) is 5.75 Å². The van der Waals surface area contributed by atoms with Crippen LogP contribution < -0.4 is 4.74 Å². The minimum Gasteiger partial charge on any atom is -0.496 e. The van der Waals surface area contributed by atoms with Crippen molar-refractivity contribution in [2.24, 2.45) is 0 Å². The van der Waals surface area contributed by atoms with E-state index in [9.17, 15) is 9.70 Å². The summed E-state index contributed by atoms with van der Waals surface area (Å²) in [5.41, 5.74) is 0.00333. The molecule has 0 atom stereocenters. The fourth-order valence-electron chi connectivity index (χ4n) is 1.08. The summed E-state index contributed by atoms with van der Waals surface area (Å²) in [6.07, 6.45) is 0. The molecule has 0 saturated carbocycles. The molecule has 15 heavy (non-hydrogen) atoms. The Bertz CT molecular complexity index is 401. The summed E-state index contributed by atoms with van der Waals surface area (Å²) in [7, 11) is 2.59. The number of carbonyl (C=O) groups excluding carboxylic acids is 1. The lowest BCUT2D eigenvalue weighted by Gasteiger charge is -2.04. The minimum atomic E-state index is -0.643. The molecule has 6 nitrogen and oxygen atoms in total. The second kappa shape index (κ2) is 4.41. The van der Waals surface area contributed by atoms with Crippen LogP contribution in [0.15, 0.2) is 18.2 Å². The Morgan fingerprint density at radius 2 is 2.07 bits per heavy atom. The number of esters is 1. The Kier molecular flexibility index (Phi) is 3.22. The number of rotatable bonds is 3. The third kappa shape index (κ3) is 2.22. The Labute approximate surface area is 85.6 Å². The number of nitrogens with zero attached hydrogens (tertiary/aromatic N) is 1. The molecule has 6 heteroatoms. The average Bonchev–Trinajstić information content (AvgIpc) is 2.27. The Morgan fingerprint density at radius 1 is 1.40 bits per heavy atom. The molecule has 0 bridgehead atoms. The third-order valence-corrected chi connectivity index (χ3v) is 1.81. The summed E-state index contributed by atoms with van der Waals surface area (Å²) in [5.74, 6) is -0.372. The van der Waals surface area contributed by atoms with Crippen LogP contribution in [0, 0.1) is 4.91 Å². The van der Waals surface area contributed by atoms with Gasteiger partial charge in [0.25, 0.3) is 4.92 Å². The monoisotopic (exact) mass is 212 g/mol. The van der Waals surface area contributed by atoms with E-state index in [0.29, 0.717) is 0 Å². The van der Waals surface area contributed by atoms with Crippen LogP contribution in [-0.4, -0.2) is 30.3 Å². The number of carbonyl (C=O) groups is 1. The molecule has 0 aliphatic carbocycles. The fraction of sp³-hybridized carbons (Fsp3) is 0.222. The van der Waals surface area contributed by atoms with Crippen molar-refractivity contribution in [2.75, 3.05) is 14.2 Å². The first-order valence-electron chi connectivity index (χ1n) is 4.02. The molecule has 1 aromatic carbocycles. The molecule has 0 spiro atoms. The SMILES string of the molecule is COC(=O)c1cc([N+](=O)O)ccc1OC. The van der Waals surface area contributed by atoms with Crippen molar-refractivity contribution in [2.45, 2.75) is 0 Å². The molecule has 0 heterocycles. The molecule has 0 aliphatic rings. The molecule has 0 radical (unpaired) electrons. The molecular weight excluding hydrogens is 202 g/mol. The molecule has 1 rings (SSSR count). The quantitative estimate of drug-likeness (QED) is 0.603. The second-order valence-corrected chi connectivity index (χ2v) is 2.65. The topological polar surface area (TPSA) is 75.8 Å². The maximum Gasteiger partial charge on any atom is 0.341 e. The van der Waals surface area contributed by atoms with Gasteiger partial charge in [0.15, 0.2) is 0 Å². The smallest absolute Gasteiger partial charge is 0.341 e. The van der Waals surface area contributed by atoms with E-state index in [1.807, 2.05) is 0 Å². The van der Waals surface area contributed by atoms with Gasteiger partial charge in [0.1, 0.15) is 11.3 Å². The van der Waals surface area contributed by atoms with Crippen molar-refractivity contribution in [3.8, 4) is 5.75 Å². The van der Waals surface area contributed by atoms with Gasteiger partial charge >= 0.3 is 11.7 Å². The van der Waals surface area contributed by atoms with Crippen molar-refractivity contribution in [1.82, 2.24) is 0 Å². The summed E-state index contributed by atoms with van der Waals surface area (Å²) in [4.78, 5) is 21.5. The van der Waals surface area contributed by atoms with Gasteiger partial charge in [0, 0.05) is 12.1 Å². The first kappa shape index (κ1) is 11.0. The van der Waals surface area contributed by atoms with E-state index in [-0.39, 0.29) is 21.9 Å². The number of hydrogen-bond acceptors (Lipinski definition) is 4. The zero-order chi connectivity index (χ0) is 11.4. The zero-order valence-corrected chi connectivity index (χ0v) is 8.26. The van der Waals surface area contributed by atoms with Crippen LogP contribution in [0.2, 0.25) is 0 Å². The molecule has 0 fully saturated rings. The first-order valence-corrected chi connectivity index (χ1v) is 4.02. The molecule has 0 unspecified atom stereocenters. The summed E-state index contributed by atoms with van der Waals surface area (Å²) in [6.45, 7) is 0. The summed E-state index contributed by atoms with van der Waals surface area (Å²) < 4.78 is 9.39. The van der Waals surface area contributed by atoms with Gasteiger partial charge < -0.3 is 9.47 Å². The largest absolute Gasteiger partial charge is 0.496 e. The summed E-state index contributed by atoms with van der Waals surface area (Å²) in [5, 5.41) is 8.65. The van der Waals surface area contributed by atoms with E-state index >= 15 is 0 Å².